The van der Waals surface area contributed by atoms with Crippen LogP contribution in [-0.4, -0.2) is 22.4 Å². The number of benzene rings is 3. The molecule has 168 valence electrons. The van der Waals surface area contributed by atoms with E-state index in [4.69, 9.17) is 0 Å². The van der Waals surface area contributed by atoms with Crippen LogP contribution in [-0.2, 0) is 16.1 Å². The third kappa shape index (κ3) is 3.77. The monoisotopic (exact) mass is 453 g/mol. The van der Waals surface area contributed by atoms with Crippen molar-refractivity contribution in [2.24, 2.45) is 0 Å². The quantitative estimate of drug-likeness (QED) is 0.356. The summed E-state index contributed by atoms with van der Waals surface area (Å²) < 4.78 is 16.1. The van der Waals surface area contributed by atoms with Gasteiger partial charge in [0.1, 0.15) is 11.4 Å². The second kappa shape index (κ2) is 8.44. The first-order valence-corrected chi connectivity index (χ1v) is 10.7. The summed E-state index contributed by atoms with van der Waals surface area (Å²) in [5, 5.41) is 3.05. The fourth-order valence-corrected chi connectivity index (χ4v) is 4.15. The van der Waals surface area contributed by atoms with Crippen LogP contribution in [0.25, 0.3) is 17.0 Å². The lowest BCUT2D eigenvalue weighted by atomic mass is 10.1. The predicted molar refractivity (Wildman–Crippen MR) is 128 cm³/mol. The van der Waals surface area contributed by atoms with E-state index in [0.717, 1.165) is 21.4 Å². The average Bonchev–Trinajstić information content (AvgIpc) is 3.15. The number of nitrogens with zero attached hydrogens (tertiary/aromatic N) is 2. The van der Waals surface area contributed by atoms with Crippen molar-refractivity contribution in [1.29, 1.82) is 0 Å². The third-order valence-corrected chi connectivity index (χ3v) is 5.78. The van der Waals surface area contributed by atoms with E-state index in [9.17, 15) is 18.8 Å². The van der Waals surface area contributed by atoms with Crippen molar-refractivity contribution in [3.63, 3.8) is 0 Å². The van der Waals surface area contributed by atoms with Crippen molar-refractivity contribution in [2.75, 3.05) is 4.90 Å². The standard InChI is InChI=1S/C27H20FN3O3/c1-17-7-6-9-20(13-17)31-26(33)22(25(32)29-27(31)34)14-19-16-30(24-12-5-3-10-21(19)24)15-18-8-2-4-11-23(18)28/h2-14,16H,15H2,1H3,(H,29,32,34)/b22-14+. The van der Waals surface area contributed by atoms with E-state index in [1.807, 2.05) is 41.8 Å². The highest BCUT2D eigenvalue weighted by atomic mass is 19.1. The molecule has 1 aliphatic rings. The normalized spacial score (nSPS) is 15.3. The number of anilines is 1. The fourth-order valence-electron chi connectivity index (χ4n) is 4.15. The molecule has 1 N–H and O–H groups in total. The number of urea groups is 1. The molecule has 5 rings (SSSR count). The molecule has 3 aromatic carbocycles. The van der Waals surface area contributed by atoms with Crippen LogP contribution in [0.1, 0.15) is 16.7 Å². The Morgan fingerprint density at radius 3 is 2.50 bits per heavy atom. The third-order valence-electron chi connectivity index (χ3n) is 5.78. The molecule has 1 saturated heterocycles. The first-order chi connectivity index (χ1) is 16.4. The number of hydrogen-bond acceptors (Lipinski definition) is 3. The van der Waals surface area contributed by atoms with Gasteiger partial charge in [0, 0.05) is 28.2 Å². The topological polar surface area (TPSA) is 71.4 Å². The number of imide groups is 2. The summed E-state index contributed by atoms with van der Waals surface area (Å²) in [6, 6.07) is 20.1. The van der Waals surface area contributed by atoms with Crippen molar-refractivity contribution in [1.82, 2.24) is 9.88 Å². The van der Waals surface area contributed by atoms with Gasteiger partial charge in [-0.05, 0) is 42.8 Å². The minimum Gasteiger partial charge on any atom is -0.342 e. The summed E-state index contributed by atoms with van der Waals surface area (Å²) in [6.07, 6.45) is 3.26. The van der Waals surface area contributed by atoms with Gasteiger partial charge < -0.3 is 4.57 Å². The lowest BCUT2D eigenvalue weighted by Crippen LogP contribution is -2.54. The molecule has 0 bridgehead atoms. The van der Waals surface area contributed by atoms with Gasteiger partial charge >= 0.3 is 6.03 Å². The van der Waals surface area contributed by atoms with Crippen LogP contribution in [0.5, 0.6) is 0 Å². The van der Waals surface area contributed by atoms with E-state index in [2.05, 4.69) is 5.32 Å². The molecule has 1 fully saturated rings. The Hall–Kier alpha value is -4.52. The highest BCUT2D eigenvalue weighted by Gasteiger charge is 2.37. The van der Waals surface area contributed by atoms with Gasteiger partial charge in [-0.1, -0.05) is 48.5 Å². The highest BCUT2D eigenvalue weighted by molar-refractivity contribution is 6.39. The van der Waals surface area contributed by atoms with Gasteiger partial charge in [-0.25, -0.2) is 14.1 Å². The Kier molecular flexibility index (Phi) is 5.30. The first-order valence-electron chi connectivity index (χ1n) is 10.7. The number of nitrogens with one attached hydrogen (secondary N) is 1. The number of fused-ring (bicyclic) bond motifs is 1. The Morgan fingerprint density at radius 1 is 0.941 bits per heavy atom. The van der Waals surface area contributed by atoms with Gasteiger partial charge in [-0.15, -0.1) is 0 Å². The van der Waals surface area contributed by atoms with Crippen LogP contribution in [0.3, 0.4) is 0 Å². The fraction of sp³-hybridized carbons (Fsp3) is 0.0741. The van der Waals surface area contributed by atoms with Gasteiger partial charge in [0.2, 0.25) is 0 Å². The summed E-state index contributed by atoms with van der Waals surface area (Å²) in [5.74, 6) is -1.77. The van der Waals surface area contributed by atoms with Crippen LogP contribution in [0.15, 0.2) is 84.6 Å². The molecule has 6 nitrogen and oxygen atoms in total. The van der Waals surface area contributed by atoms with E-state index < -0.39 is 17.8 Å². The van der Waals surface area contributed by atoms with Crippen molar-refractivity contribution >= 4 is 40.5 Å². The van der Waals surface area contributed by atoms with E-state index in [0.29, 0.717) is 16.8 Å². The lowest BCUT2D eigenvalue weighted by Gasteiger charge is -2.26. The maximum Gasteiger partial charge on any atom is 0.335 e. The van der Waals surface area contributed by atoms with Gasteiger partial charge in [0.25, 0.3) is 11.8 Å². The predicted octanol–water partition coefficient (Wildman–Crippen LogP) is 4.80. The van der Waals surface area contributed by atoms with Gasteiger partial charge in [0.05, 0.1) is 12.2 Å². The van der Waals surface area contributed by atoms with Crippen molar-refractivity contribution in [2.45, 2.75) is 13.5 Å². The smallest absolute Gasteiger partial charge is 0.335 e. The first kappa shape index (κ1) is 21.3. The molecule has 1 aromatic heterocycles. The SMILES string of the molecule is Cc1cccc(N2C(=O)NC(=O)/C(=C\c3cn(Cc4ccccc4F)c4ccccc34)C2=O)c1. The molecule has 2 heterocycles. The molecule has 4 aromatic rings. The van der Waals surface area contributed by atoms with Crippen LogP contribution >= 0.6 is 0 Å². The molecule has 0 radical (unpaired) electrons. The highest BCUT2D eigenvalue weighted by Crippen LogP contribution is 2.27. The van der Waals surface area contributed by atoms with Gasteiger partial charge in [-0.3, -0.25) is 14.9 Å². The number of hydrogen-bond donors (Lipinski definition) is 1. The number of aromatic nitrogens is 1. The van der Waals surface area contributed by atoms with Gasteiger partial charge in [-0.2, -0.15) is 0 Å². The molecular weight excluding hydrogens is 433 g/mol. The summed E-state index contributed by atoms with van der Waals surface area (Å²) in [4.78, 5) is 39.3. The molecule has 4 amide bonds. The maximum atomic E-state index is 14.3. The van der Waals surface area contributed by atoms with E-state index in [1.54, 1.807) is 42.6 Å². The molecule has 0 unspecified atom stereocenters. The second-order valence-corrected chi connectivity index (χ2v) is 8.12. The molecule has 7 heteroatoms. The molecular formula is C27H20FN3O3. The Bertz CT molecular complexity index is 1500. The number of rotatable bonds is 4. The molecule has 0 atom stereocenters. The Labute approximate surface area is 194 Å². The zero-order chi connectivity index (χ0) is 23.8. The zero-order valence-corrected chi connectivity index (χ0v) is 18.3. The van der Waals surface area contributed by atoms with Crippen LogP contribution in [0.4, 0.5) is 14.9 Å². The minimum atomic E-state index is -0.792. The number of amides is 4. The van der Waals surface area contributed by atoms with Crippen molar-refractivity contribution in [3.05, 3.63) is 107 Å². The molecule has 0 aliphatic carbocycles. The summed E-state index contributed by atoms with van der Waals surface area (Å²) >= 11 is 0. The summed E-state index contributed by atoms with van der Waals surface area (Å²) in [5.41, 5.74) is 3.05. The van der Waals surface area contributed by atoms with Crippen LogP contribution < -0.4 is 10.2 Å². The van der Waals surface area contributed by atoms with E-state index in [1.165, 1.54) is 12.1 Å². The number of carbonyl (C=O) groups is 3. The molecule has 0 saturated carbocycles. The molecule has 34 heavy (non-hydrogen) atoms. The molecule has 1 aliphatic heterocycles. The minimum absolute atomic E-state index is 0.157. The number of aryl methyl sites for hydroxylation is 1. The van der Waals surface area contributed by atoms with E-state index in [-0.39, 0.29) is 17.9 Å². The number of para-hydroxylation sites is 1. The average molecular weight is 453 g/mol. The Morgan fingerprint density at radius 2 is 1.71 bits per heavy atom. The zero-order valence-electron chi connectivity index (χ0n) is 18.3. The van der Waals surface area contributed by atoms with Crippen LogP contribution in [0.2, 0.25) is 0 Å². The lowest BCUT2D eigenvalue weighted by molar-refractivity contribution is -0.122. The Balaban J connectivity index is 1.58. The summed E-state index contributed by atoms with van der Waals surface area (Å²) in [6.45, 7) is 2.13. The van der Waals surface area contributed by atoms with Crippen molar-refractivity contribution in [3.8, 4) is 0 Å². The van der Waals surface area contributed by atoms with Crippen molar-refractivity contribution < 1.29 is 18.8 Å². The van der Waals surface area contributed by atoms with Gasteiger partial charge in [0.15, 0.2) is 0 Å². The maximum absolute atomic E-state index is 14.3. The van der Waals surface area contributed by atoms with E-state index >= 15 is 0 Å². The largest absolute Gasteiger partial charge is 0.342 e. The molecule has 0 spiro atoms. The number of halogens is 1. The van der Waals surface area contributed by atoms with Crippen LogP contribution in [0, 0.1) is 12.7 Å². The number of carbonyl (C=O) groups excluding carboxylic acids is 3. The summed E-state index contributed by atoms with van der Waals surface area (Å²) in [7, 11) is 0. The second-order valence-electron chi connectivity index (χ2n) is 8.12. The number of barbiturate groups is 1.